The van der Waals surface area contributed by atoms with Gasteiger partial charge >= 0.3 is 0 Å². The molecule has 0 fully saturated rings. The Balaban J connectivity index is 1.42. The molecule has 0 aliphatic heterocycles. The summed E-state index contributed by atoms with van der Waals surface area (Å²) in [6.07, 6.45) is 0. The zero-order valence-corrected chi connectivity index (χ0v) is 18.1. The Kier molecular flexibility index (Phi) is 5.52. The number of carbonyl (C=O) groups excluding carboxylic acids is 1. The van der Waals surface area contributed by atoms with Gasteiger partial charge < -0.3 is 10.2 Å². The van der Waals surface area contributed by atoms with E-state index in [-0.39, 0.29) is 5.91 Å². The molecule has 0 spiro atoms. The van der Waals surface area contributed by atoms with Crippen LogP contribution in [0.1, 0.15) is 10.4 Å². The van der Waals surface area contributed by atoms with E-state index in [2.05, 4.69) is 10.3 Å². The van der Waals surface area contributed by atoms with Crippen molar-refractivity contribution < 1.29 is 4.79 Å². The van der Waals surface area contributed by atoms with Gasteiger partial charge in [0, 0.05) is 34.9 Å². The number of nitrogens with zero attached hydrogens (tertiary/aromatic N) is 3. The average Bonchev–Trinajstić information content (AvgIpc) is 2.89. The maximum atomic E-state index is 12.8. The zero-order chi connectivity index (χ0) is 22.6. The van der Waals surface area contributed by atoms with E-state index in [1.165, 1.54) is 0 Å². The quantitative estimate of drug-likeness (QED) is 0.355. The lowest BCUT2D eigenvalue weighted by Crippen LogP contribution is -2.26. The number of hydrogen-bond acceptors (Lipinski definition) is 4. The zero-order valence-electron chi connectivity index (χ0n) is 18.1. The van der Waals surface area contributed by atoms with Gasteiger partial charge in [0.15, 0.2) is 0 Å². The molecule has 5 nitrogen and oxygen atoms in total. The first-order valence-corrected chi connectivity index (χ1v) is 10.7. The molecule has 5 heteroatoms. The van der Waals surface area contributed by atoms with Crippen LogP contribution in [0.4, 0.5) is 17.3 Å². The van der Waals surface area contributed by atoms with Crippen molar-refractivity contribution in [2.45, 2.75) is 0 Å². The smallest absolute Gasteiger partial charge is 0.258 e. The van der Waals surface area contributed by atoms with Crippen molar-refractivity contribution in [1.82, 2.24) is 9.97 Å². The maximum absolute atomic E-state index is 12.8. The normalized spacial score (nSPS) is 10.7. The fraction of sp³-hybridized carbons (Fsp3) is 0.0357. The van der Waals surface area contributed by atoms with E-state index in [1.54, 1.807) is 11.9 Å². The Morgan fingerprint density at radius 1 is 0.727 bits per heavy atom. The second-order valence-corrected chi connectivity index (χ2v) is 7.68. The molecular formula is C28H22N4O. The molecule has 1 amide bonds. The molecule has 160 valence electrons. The molecular weight excluding hydrogens is 408 g/mol. The minimum Gasteiger partial charge on any atom is -0.324 e. The summed E-state index contributed by atoms with van der Waals surface area (Å²) in [4.78, 5) is 24.0. The van der Waals surface area contributed by atoms with Gasteiger partial charge in [0.05, 0.1) is 11.2 Å². The fourth-order valence-electron chi connectivity index (χ4n) is 3.74. The molecule has 5 aromatic rings. The van der Waals surface area contributed by atoms with Crippen molar-refractivity contribution in [3.05, 3.63) is 115 Å². The number of anilines is 3. The van der Waals surface area contributed by atoms with Crippen LogP contribution >= 0.6 is 0 Å². The van der Waals surface area contributed by atoms with Gasteiger partial charge in [-0.25, -0.2) is 9.97 Å². The number of aromatic nitrogens is 2. The van der Waals surface area contributed by atoms with Crippen molar-refractivity contribution in [2.24, 2.45) is 0 Å². The second-order valence-electron chi connectivity index (χ2n) is 7.68. The van der Waals surface area contributed by atoms with Crippen LogP contribution in [0.3, 0.4) is 0 Å². The molecule has 5 rings (SSSR count). The second kappa shape index (κ2) is 8.93. The van der Waals surface area contributed by atoms with E-state index in [9.17, 15) is 4.79 Å². The van der Waals surface area contributed by atoms with Gasteiger partial charge in [-0.15, -0.1) is 0 Å². The molecule has 0 bridgehead atoms. The van der Waals surface area contributed by atoms with Crippen LogP contribution in [-0.4, -0.2) is 22.9 Å². The molecule has 0 unspecified atom stereocenters. The third-order valence-electron chi connectivity index (χ3n) is 5.49. The maximum Gasteiger partial charge on any atom is 0.258 e. The lowest BCUT2D eigenvalue weighted by atomic mass is 10.1. The molecule has 0 atom stereocenters. The lowest BCUT2D eigenvalue weighted by molar-refractivity contribution is 0.0993. The molecule has 0 radical (unpaired) electrons. The Morgan fingerprint density at radius 2 is 1.36 bits per heavy atom. The van der Waals surface area contributed by atoms with Gasteiger partial charge in [-0.1, -0.05) is 66.7 Å². The predicted octanol–water partition coefficient (Wildman–Crippen LogP) is 6.32. The molecule has 0 saturated carbocycles. The first-order valence-electron chi connectivity index (χ1n) is 10.7. The molecule has 1 aromatic heterocycles. The van der Waals surface area contributed by atoms with Crippen molar-refractivity contribution in [3.63, 3.8) is 0 Å². The average molecular weight is 431 g/mol. The van der Waals surface area contributed by atoms with E-state index < -0.39 is 0 Å². The lowest BCUT2D eigenvalue weighted by Gasteiger charge is -2.17. The summed E-state index contributed by atoms with van der Waals surface area (Å²) in [5.74, 6) is 0.439. The Labute approximate surface area is 192 Å². The van der Waals surface area contributed by atoms with Crippen LogP contribution < -0.4 is 10.2 Å². The number of para-hydroxylation sites is 2. The highest BCUT2D eigenvalue weighted by Crippen LogP contribution is 2.28. The van der Waals surface area contributed by atoms with Crippen LogP contribution in [0.2, 0.25) is 0 Å². The first-order chi connectivity index (χ1) is 16.2. The molecule has 1 heterocycles. The Morgan fingerprint density at radius 3 is 2.09 bits per heavy atom. The number of hydrogen-bond donors (Lipinski definition) is 1. The van der Waals surface area contributed by atoms with E-state index in [0.717, 1.165) is 33.5 Å². The summed E-state index contributed by atoms with van der Waals surface area (Å²) >= 11 is 0. The molecule has 1 N–H and O–H groups in total. The van der Waals surface area contributed by atoms with Gasteiger partial charge in [0.1, 0.15) is 0 Å². The van der Waals surface area contributed by atoms with Crippen molar-refractivity contribution in [1.29, 1.82) is 0 Å². The van der Waals surface area contributed by atoms with Gasteiger partial charge in [0.2, 0.25) is 5.95 Å². The summed E-state index contributed by atoms with van der Waals surface area (Å²) < 4.78 is 0. The monoisotopic (exact) mass is 430 g/mol. The highest BCUT2D eigenvalue weighted by atomic mass is 16.2. The van der Waals surface area contributed by atoms with Crippen molar-refractivity contribution in [3.8, 4) is 11.3 Å². The summed E-state index contributed by atoms with van der Waals surface area (Å²) in [5.41, 5.74) is 5.04. The summed E-state index contributed by atoms with van der Waals surface area (Å²) in [7, 11) is 1.78. The number of carbonyl (C=O) groups is 1. The third kappa shape index (κ3) is 4.29. The Hall–Kier alpha value is -4.51. The van der Waals surface area contributed by atoms with Crippen LogP contribution in [0, 0.1) is 0 Å². The van der Waals surface area contributed by atoms with Crippen molar-refractivity contribution >= 4 is 34.1 Å². The Bertz CT molecular complexity index is 1400. The van der Waals surface area contributed by atoms with Gasteiger partial charge in [0.25, 0.3) is 5.91 Å². The topological polar surface area (TPSA) is 58.1 Å². The van der Waals surface area contributed by atoms with Crippen LogP contribution in [-0.2, 0) is 0 Å². The third-order valence-corrected chi connectivity index (χ3v) is 5.49. The summed E-state index contributed by atoms with van der Waals surface area (Å²) in [5, 5.41) is 4.29. The van der Waals surface area contributed by atoms with E-state index in [0.29, 0.717) is 11.5 Å². The highest BCUT2D eigenvalue weighted by Gasteiger charge is 2.14. The van der Waals surface area contributed by atoms with E-state index in [1.807, 2.05) is 109 Å². The van der Waals surface area contributed by atoms with Crippen LogP contribution in [0.5, 0.6) is 0 Å². The SMILES string of the molecule is CN(C(=O)c1ccc(Nc2nc(-c3ccccc3)c3ccccc3n2)cc1)c1ccccc1. The summed E-state index contributed by atoms with van der Waals surface area (Å²) in [6, 6.07) is 35.0. The standard InChI is InChI=1S/C28H22N4O/c1-32(23-12-6-3-7-13-23)27(33)21-16-18-22(19-17-21)29-28-30-25-15-9-8-14-24(25)26(31-28)20-10-4-2-5-11-20/h2-19H,1H3,(H,29,30,31). The minimum atomic E-state index is -0.0685. The highest BCUT2D eigenvalue weighted by molar-refractivity contribution is 6.05. The molecule has 0 aliphatic rings. The number of fused-ring (bicyclic) bond motifs is 1. The van der Waals surface area contributed by atoms with Gasteiger partial charge in [-0.3, -0.25) is 4.79 Å². The minimum absolute atomic E-state index is 0.0685. The number of nitrogens with one attached hydrogen (secondary N) is 1. The predicted molar refractivity (Wildman–Crippen MR) is 134 cm³/mol. The molecule has 0 saturated heterocycles. The van der Waals surface area contributed by atoms with Crippen molar-refractivity contribution in [2.75, 3.05) is 17.3 Å². The molecule has 33 heavy (non-hydrogen) atoms. The number of amides is 1. The first kappa shape index (κ1) is 20.4. The van der Waals surface area contributed by atoms with Gasteiger partial charge in [-0.05, 0) is 42.5 Å². The number of rotatable bonds is 5. The molecule has 0 aliphatic carbocycles. The largest absolute Gasteiger partial charge is 0.324 e. The van der Waals surface area contributed by atoms with Crippen LogP contribution in [0.15, 0.2) is 109 Å². The van der Waals surface area contributed by atoms with Gasteiger partial charge in [-0.2, -0.15) is 0 Å². The van der Waals surface area contributed by atoms with E-state index >= 15 is 0 Å². The van der Waals surface area contributed by atoms with E-state index in [4.69, 9.17) is 4.98 Å². The number of benzene rings is 4. The molecule has 4 aromatic carbocycles. The fourth-order valence-corrected chi connectivity index (χ4v) is 3.74. The summed E-state index contributed by atoms with van der Waals surface area (Å²) in [6.45, 7) is 0. The van der Waals surface area contributed by atoms with Crippen LogP contribution in [0.25, 0.3) is 22.2 Å².